The molecule has 1 aliphatic rings. The molecule has 0 unspecified atom stereocenters. The van der Waals surface area contributed by atoms with Gasteiger partial charge in [-0.2, -0.15) is 0 Å². The van der Waals surface area contributed by atoms with Crippen molar-refractivity contribution in [3.63, 3.8) is 0 Å². The Morgan fingerprint density at radius 3 is 1.61 bits per heavy atom. The molecule has 0 spiro atoms. The van der Waals surface area contributed by atoms with Gasteiger partial charge >= 0.3 is 0 Å². The average Bonchev–Trinajstić information content (AvgIpc) is 3.58. The third-order valence-electron chi connectivity index (χ3n) is 12.9. The zero-order valence-electron chi connectivity index (χ0n) is 35.0. The van der Waals surface area contributed by atoms with Crippen LogP contribution in [0.4, 0.5) is 17.1 Å². The van der Waals surface area contributed by atoms with E-state index in [1.54, 1.807) is 0 Å². The molecule has 62 heavy (non-hydrogen) atoms. The molecule has 10 aromatic rings. The van der Waals surface area contributed by atoms with Gasteiger partial charge in [-0.15, -0.1) is 0 Å². The lowest BCUT2D eigenvalue weighted by Crippen LogP contribution is -2.14. The van der Waals surface area contributed by atoms with E-state index in [4.69, 9.17) is 0 Å². The Kier molecular flexibility index (Phi) is 9.24. The summed E-state index contributed by atoms with van der Waals surface area (Å²) in [5.74, 6) is 0. The van der Waals surface area contributed by atoms with Crippen LogP contribution in [0, 0.1) is 0 Å². The van der Waals surface area contributed by atoms with Crippen LogP contribution < -0.4 is 4.90 Å². The number of para-hydroxylation sites is 1. The van der Waals surface area contributed by atoms with Crippen molar-refractivity contribution in [3.8, 4) is 66.8 Å². The smallest absolute Gasteiger partial charge is 0.0540 e. The standard InChI is InChI=1S/C61H45N/c1-61(2)57-29-10-8-26-56(57)60-55(28-15-30-58(60)61)46-36-38-50(39-37-46)62(51-23-13-22-49(41-51)48-21-12-20-47(40-48)42-16-4-3-5-17-42)59-31-11-9-25-54(59)45-34-32-44(33-35-45)53-27-14-19-43-18-6-7-24-52(43)53/h3-41H,1-2H3. The topological polar surface area (TPSA) is 3.24 Å². The number of nitrogens with zero attached hydrogens (tertiary/aromatic N) is 1. The molecule has 0 aliphatic heterocycles. The Hall–Kier alpha value is -7.74. The van der Waals surface area contributed by atoms with Crippen LogP contribution in [0.2, 0.25) is 0 Å². The maximum absolute atomic E-state index is 2.43. The van der Waals surface area contributed by atoms with Crippen LogP contribution in [0.5, 0.6) is 0 Å². The Balaban J connectivity index is 1.03. The highest BCUT2D eigenvalue weighted by molar-refractivity contribution is 5.98. The molecule has 0 fully saturated rings. The van der Waals surface area contributed by atoms with Gasteiger partial charge in [-0.1, -0.05) is 214 Å². The first-order chi connectivity index (χ1) is 30.5. The van der Waals surface area contributed by atoms with Crippen molar-refractivity contribution in [1.82, 2.24) is 0 Å². The molecule has 0 saturated carbocycles. The molecule has 0 amide bonds. The second-order valence-corrected chi connectivity index (χ2v) is 16.9. The number of hydrogen-bond donors (Lipinski definition) is 0. The lowest BCUT2D eigenvalue weighted by atomic mass is 9.82. The Labute approximate surface area is 364 Å². The highest BCUT2D eigenvalue weighted by atomic mass is 15.1. The van der Waals surface area contributed by atoms with Crippen LogP contribution in [0.15, 0.2) is 237 Å². The molecule has 1 heteroatoms. The second-order valence-electron chi connectivity index (χ2n) is 16.9. The molecule has 1 aliphatic carbocycles. The number of fused-ring (bicyclic) bond motifs is 4. The molecule has 0 heterocycles. The number of rotatable bonds is 8. The zero-order valence-corrected chi connectivity index (χ0v) is 35.0. The predicted molar refractivity (Wildman–Crippen MR) is 263 cm³/mol. The Bertz CT molecular complexity index is 3240. The first kappa shape index (κ1) is 37.3. The van der Waals surface area contributed by atoms with Crippen molar-refractivity contribution in [3.05, 3.63) is 248 Å². The monoisotopic (exact) mass is 791 g/mol. The maximum Gasteiger partial charge on any atom is 0.0540 e. The van der Waals surface area contributed by atoms with Gasteiger partial charge in [0.1, 0.15) is 0 Å². The van der Waals surface area contributed by atoms with Gasteiger partial charge in [0.05, 0.1) is 5.69 Å². The van der Waals surface area contributed by atoms with E-state index in [1.807, 2.05) is 0 Å². The highest BCUT2D eigenvalue weighted by Crippen LogP contribution is 2.52. The summed E-state index contributed by atoms with van der Waals surface area (Å²) in [6, 6.07) is 86.5. The SMILES string of the molecule is CC1(C)c2ccccc2-c2c(-c3ccc(N(c4cccc(-c5cccc(-c6ccccc6)c5)c4)c4ccccc4-c4ccc(-c5cccc6ccccc56)cc4)cc3)cccc21. The minimum atomic E-state index is -0.0545. The molecule has 0 N–H and O–H groups in total. The Morgan fingerprint density at radius 1 is 0.306 bits per heavy atom. The van der Waals surface area contributed by atoms with Gasteiger partial charge in [0.2, 0.25) is 0 Å². The minimum absolute atomic E-state index is 0.0545. The van der Waals surface area contributed by atoms with Gasteiger partial charge in [0, 0.05) is 22.4 Å². The van der Waals surface area contributed by atoms with Gasteiger partial charge in [-0.25, -0.2) is 0 Å². The van der Waals surface area contributed by atoms with Gasteiger partial charge in [-0.3, -0.25) is 0 Å². The van der Waals surface area contributed by atoms with Crippen molar-refractivity contribution in [2.45, 2.75) is 19.3 Å². The summed E-state index contributed by atoms with van der Waals surface area (Å²) in [5.41, 5.74) is 20.7. The van der Waals surface area contributed by atoms with Crippen molar-refractivity contribution >= 4 is 27.8 Å². The van der Waals surface area contributed by atoms with E-state index in [9.17, 15) is 0 Å². The largest absolute Gasteiger partial charge is 0.310 e. The van der Waals surface area contributed by atoms with Gasteiger partial charge < -0.3 is 4.90 Å². The summed E-state index contributed by atoms with van der Waals surface area (Å²) in [6.07, 6.45) is 0. The van der Waals surface area contributed by atoms with E-state index in [1.165, 1.54) is 83.1 Å². The molecular formula is C61H45N. The van der Waals surface area contributed by atoms with Gasteiger partial charge in [-0.05, 0) is 119 Å². The molecular weight excluding hydrogens is 747 g/mol. The fourth-order valence-electron chi connectivity index (χ4n) is 9.77. The van der Waals surface area contributed by atoms with E-state index < -0.39 is 0 Å². The normalized spacial score (nSPS) is 12.5. The van der Waals surface area contributed by atoms with Crippen LogP contribution in [0.1, 0.15) is 25.0 Å². The lowest BCUT2D eigenvalue weighted by molar-refractivity contribution is 0.660. The third kappa shape index (κ3) is 6.51. The molecule has 10 aromatic carbocycles. The van der Waals surface area contributed by atoms with Crippen molar-refractivity contribution in [2.75, 3.05) is 4.90 Å². The second kappa shape index (κ2) is 15.4. The predicted octanol–water partition coefficient (Wildman–Crippen LogP) is 17.0. The van der Waals surface area contributed by atoms with Crippen LogP contribution >= 0.6 is 0 Å². The maximum atomic E-state index is 2.43. The minimum Gasteiger partial charge on any atom is -0.310 e. The number of hydrogen-bond acceptors (Lipinski definition) is 1. The summed E-state index contributed by atoms with van der Waals surface area (Å²) in [7, 11) is 0. The van der Waals surface area contributed by atoms with Crippen LogP contribution in [-0.4, -0.2) is 0 Å². The third-order valence-corrected chi connectivity index (χ3v) is 12.9. The van der Waals surface area contributed by atoms with E-state index in [0.29, 0.717) is 0 Å². The zero-order chi connectivity index (χ0) is 41.6. The van der Waals surface area contributed by atoms with E-state index in [-0.39, 0.29) is 5.41 Å². The molecule has 0 aromatic heterocycles. The fraction of sp³-hybridized carbons (Fsp3) is 0.0492. The first-order valence-corrected chi connectivity index (χ1v) is 21.6. The molecule has 0 bridgehead atoms. The van der Waals surface area contributed by atoms with Gasteiger partial charge in [0.15, 0.2) is 0 Å². The summed E-state index contributed by atoms with van der Waals surface area (Å²) in [5, 5.41) is 2.51. The number of benzene rings is 10. The summed E-state index contributed by atoms with van der Waals surface area (Å²) < 4.78 is 0. The van der Waals surface area contributed by atoms with Gasteiger partial charge in [0.25, 0.3) is 0 Å². The summed E-state index contributed by atoms with van der Waals surface area (Å²) in [4.78, 5) is 2.43. The molecule has 1 nitrogen and oxygen atoms in total. The molecule has 11 rings (SSSR count). The number of anilines is 3. The van der Waals surface area contributed by atoms with Crippen LogP contribution in [0.3, 0.4) is 0 Å². The van der Waals surface area contributed by atoms with Crippen molar-refractivity contribution < 1.29 is 0 Å². The summed E-state index contributed by atoms with van der Waals surface area (Å²) in [6.45, 7) is 4.70. The average molecular weight is 792 g/mol. The van der Waals surface area contributed by atoms with E-state index >= 15 is 0 Å². The molecule has 0 saturated heterocycles. The first-order valence-electron chi connectivity index (χ1n) is 21.6. The van der Waals surface area contributed by atoms with E-state index in [2.05, 4.69) is 255 Å². The van der Waals surface area contributed by atoms with Crippen LogP contribution in [0.25, 0.3) is 77.5 Å². The molecule has 0 atom stereocenters. The van der Waals surface area contributed by atoms with Crippen LogP contribution in [-0.2, 0) is 5.41 Å². The molecule has 294 valence electrons. The van der Waals surface area contributed by atoms with Crippen molar-refractivity contribution in [2.24, 2.45) is 0 Å². The van der Waals surface area contributed by atoms with Crippen molar-refractivity contribution in [1.29, 1.82) is 0 Å². The fourth-order valence-corrected chi connectivity index (χ4v) is 9.77. The quantitative estimate of drug-likeness (QED) is 0.148. The Morgan fingerprint density at radius 2 is 0.806 bits per heavy atom. The lowest BCUT2D eigenvalue weighted by Gasteiger charge is -2.28. The highest BCUT2D eigenvalue weighted by Gasteiger charge is 2.36. The summed E-state index contributed by atoms with van der Waals surface area (Å²) >= 11 is 0. The molecule has 0 radical (unpaired) electrons. The van der Waals surface area contributed by atoms with E-state index in [0.717, 1.165) is 22.6 Å².